The average molecular weight is 484 g/mol. The number of rotatable bonds is 10. The highest BCUT2D eigenvalue weighted by Crippen LogP contribution is 2.38. The van der Waals surface area contributed by atoms with Crippen molar-refractivity contribution in [3.63, 3.8) is 0 Å². The molecule has 0 aliphatic heterocycles. The molecule has 3 heteroatoms. The lowest BCUT2D eigenvalue weighted by Crippen LogP contribution is -2.19. The monoisotopic (exact) mass is 483 g/mol. The van der Waals surface area contributed by atoms with Crippen LogP contribution in [0.3, 0.4) is 0 Å². The molecule has 0 saturated heterocycles. The van der Waals surface area contributed by atoms with Crippen LogP contribution in [0.4, 0.5) is 4.39 Å². The Bertz CT molecular complexity index is 1140. The van der Waals surface area contributed by atoms with Crippen LogP contribution in [0, 0.1) is 11.7 Å². The van der Waals surface area contributed by atoms with Gasteiger partial charge in [-0.15, -0.1) is 0 Å². The van der Waals surface area contributed by atoms with Gasteiger partial charge < -0.3 is 5.32 Å². The number of hydrogen-bond donors (Lipinski definition) is 1. The Morgan fingerprint density at radius 3 is 2.22 bits per heavy atom. The number of nitrogens with one attached hydrogen (secondary N) is 1. The van der Waals surface area contributed by atoms with Crippen LogP contribution in [0.25, 0.3) is 22.3 Å². The first-order valence-electron chi connectivity index (χ1n) is 13.5. The van der Waals surface area contributed by atoms with Crippen molar-refractivity contribution in [2.75, 3.05) is 0 Å². The number of carbonyl (C=O) groups is 1. The Morgan fingerprint density at radius 2 is 1.58 bits per heavy atom. The number of benzene rings is 3. The molecular formula is C33H38FNO. The minimum absolute atomic E-state index is 0.209. The fraction of sp³-hybridized carbons (Fsp3) is 0.364. The van der Waals surface area contributed by atoms with Gasteiger partial charge in [-0.05, 0) is 77.5 Å². The molecule has 1 saturated carbocycles. The molecule has 1 fully saturated rings. The van der Waals surface area contributed by atoms with E-state index in [9.17, 15) is 4.79 Å². The van der Waals surface area contributed by atoms with Crippen molar-refractivity contribution in [3.05, 3.63) is 96.3 Å². The second kappa shape index (κ2) is 12.7. The summed E-state index contributed by atoms with van der Waals surface area (Å²) in [5.41, 5.74) is 5.71. The van der Waals surface area contributed by atoms with E-state index in [-0.39, 0.29) is 11.7 Å². The lowest BCUT2D eigenvalue weighted by Gasteiger charge is -2.29. The summed E-state index contributed by atoms with van der Waals surface area (Å²) in [6.45, 7) is 6.15. The molecule has 3 aromatic rings. The van der Waals surface area contributed by atoms with Crippen LogP contribution in [-0.4, -0.2) is 5.91 Å². The van der Waals surface area contributed by atoms with Crippen LogP contribution in [-0.2, 0) is 11.3 Å². The van der Waals surface area contributed by atoms with E-state index in [2.05, 4.69) is 43.1 Å². The fourth-order valence-corrected chi connectivity index (χ4v) is 5.41. The van der Waals surface area contributed by atoms with Crippen LogP contribution >= 0.6 is 0 Å². The number of carbonyl (C=O) groups excluding carboxylic acids is 1. The van der Waals surface area contributed by atoms with Gasteiger partial charge in [-0.1, -0.05) is 99.8 Å². The smallest absolute Gasteiger partial charge is 0.243 e. The van der Waals surface area contributed by atoms with Gasteiger partial charge in [0.25, 0.3) is 0 Å². The molecular weight excluding hydrogens is 445 g/mol. The zero-order chi connectivity index (χ0) is 25.3. The minimum atomic E-state index is -0.231. The highest BCUT2D eigenvalue weighted by Gasteiger charge is 2.22. The molecule has 0 bridgehead atoms. The van der Waals surface area contributed by atoms with Crippen molar-refractivity contribution >= 4 is 5.91 Å². The summed E-state index contributed by atoms with van der Waals surface area (Å²) < 4.78 is 15.1. The summed E-state index contributed by atoms with van der Waals surface area (Å²) in [6.07, 6.45) is 12.0. The van der Waals surface area contributed by atoms with Gasteiger partial charge in [0, 0.05) is 12.1 Å². The maximum Gasteiger partial charge on any atom is 0.243 e. The molecule has 0 atom stereocenters. The topological polar surface area (TPSA) is 29.1 Å². The lowest BCUT2D eigenvalue weighted by molar-refractivity contribution is -0.116. The van der Waals surface area contributed by atoms with E-state index in [0.29, 0.717) is 18.0 Å². The third-order valence-electron chi connectivity index (χ3n) is 7.66. The number of unbranched alkanes of at least 4 members (excludes halogenated alkanes) is 2. The molecule has 1 amide bonds. The van der Waals surface area contributed by atoms with E-state index in [1.54, 1.807) is 6.07 Å². The van der Waals surface area contributed by atoms with Gasteiger partial charge in [0.05, 0.1) is 0 Å². The van der Waals surface area contributed by atoms with Crippen LogP contribution < -0.4 is 5.32 Å². The molecule has 0 radical (unpaired) electrons. The molecule has 0 heterocycles. The van der Waals surface area contributed by atoms with Crippen molar-refractivity contribution in [1.29, 1.82) is 0 Å². The van der Waals surface area contributed by atoms with Gasteiger partial charge in [-0.25, -0.2) is 4.39 Å². The zero-order valence-corrected chi connectivity index (χ0v) is 21.4. The van der Waals surface area contributed by atoms with E-state index in [4.69, 9.17) is 0 Å². The summed E-state index contributed by atoms with van der Waals surface area (Å²) in [6, 6.07) is 21.8. The normalized spacial score (nSPS) is 17.5. The summed E-state index contributed by atoms with van der Waals surface area (Å²) in [7, 11) is 0. The SMILES string of the molecule is C=CC(=O)NCc1ccc(-c2ccc(-c3ccc(C4CCC(CCCCC)CC4)cc3)cc2F)cc1. The first-order chi connectivity index (χ1) is 17.6. The molecule has 188 valence electrons. The maximum atomic E-state index is 15.1. The quantitative estimate of drug-likeness (QED) is 0.226. The van der Waals surface area contributed by atoms with Crippen LogP contribution in [0.15, 0.2) is 79.4 Å². The molecule has 1 aliphatic carbocycles. The third kappa shape index (κ3) is 6.72. The molecule has 4 rings (SSSR count). The molecule has 0 spiro atoms. The second-order valence-corrected chi connectivity index (χ2v) is 10.1. The molecule has 36 heavy (non-hydrogen) atoms. The van der Waals surface area contributed by atoms with Gasteiger partial charge in [0.1, 0.15) is 5.82 Å². The molecule has 2 nitrogen and oxygen atoms in total. The Labute approximate surface area is 215 Å². The van der Waals surface area contributed by atoms with E-state index < -0.39 is 0 Å². The second-order valence-electron chi connectivity index (χ2n) is 10.1. The highest BCUT2D eigenvalue weighted by atomic mass is 19.1. The highest BCUT2D eigenvalue weighted by molar-refractivity contribution is 5.86. The number of halogens is 1. The Kier molecular flexibility index (Phi) is 9.11. The Hall–Kier alpha value is -3.20. The van der Waals surface area contributed by atoms with E-state index >= 15 is 4.39 Å². The summed E-state index contributed by atoms with van der Waals surface area (Å²) in [4.78, 5) is 11.3. The van der Waals surface area contributed by atoms with Gasteiger partial charge >= 0.3 is 0 Å². The molecule has 1 aliphatic rings. The summed E-state index contributed by atoms with van der Waals surface area (Å²) in [5.74, 6) is 1.14. The largest absolute Gasteiger partial charge is 0.348 e. The van der Waals surface area contributed by atoms with Gasteiger partial charge in [0.2, 0.25) is 5.91 Å². The molecule has 1 N–H and O–H groups in total. The molecule has 0 aromatic heterocycles. The Balaban J connectivity index is 1.37. The van der Waals surface area contributed by atoms with Gasteiger partial charge in [-0.2, -0.15) is 0 Å². The first kappa shape index (κ1) is 25.9. The third-order valence-corrected chi connectivity index (χ3v) is 7.66. The lowest BCUT2D eigenvalue weighted by atomic mass is 9.77. The Morgan fingerprint density at radius 1 is 0.917 bits per heavy atom. The fourth-order valence-electron chi connectivity index (χ4n) is 5.41. The van der Waals surface area contributed by atoms with Gasteiger partial charge in [0.15, 0.2) is 0 Å². The van der Waals surface area contributed by atoms with Crippen LogP contribution in [0.2, 0.25) is 0 Å². The zero-order valence-electron chi connectivity index (χ0n) is 21.4. The van der Waals surface area contributed by atoms with E-state index in [1.807, 2.05) is 36.4 Å². The minimum Gasteiger partial charge on any atom is -0.348 e. The summed E-state index contributed by atoms with van der Waals surface area (Å²) in [5, 5.41) is 2.75. The standard InChI is InChI=1S/C33H38FNO/c1-3-5-6-7-24-8-12-26(13-9-24)27-16-18-28(19-17-27)30-20-21-31(32(34)22-30)29-14-10-25(11-15-29)23-35-33(36)4-2/h4,10-11,14-22,24,26H,2-3,5-9,12-13,23H2,1H3,(H,35,36). The predicted octanol–water partition coefficient (Wildman–Crippen LogP) is 8.82. The van der Waals surface area contributed by atoms with E-state index in [0.717, 1.165) is 28.2 Å². The van der Waals surface area contributed by atoms with Crippen molar-refractivity contribution in [2.24, 2.45) is 5.92 Å². The van der Waals surface area contributed by atoms with Crippen LogP contribution in [0.1, 0.15) is 75.3 Å². The van der Waals surface area contributed by atoms with Gasteiger partial charge in [-0.3, -0.25) is 4.79 Å². The number of hydrogen-bond acceptors (Lipinski definition) is 1. The van der Waals surface area contributed by atoms with Crippen molar-refractivity contribution in [2.45, 2.75) is 70.8 Å². The molecule has 0 unspecified atom stereocenters. The predicted molar refractivity (Wildman–Crippen MR) is 148 cm³/mol. The number of amides is 1. The van der Waals surface area contributed by atoms with Crippen molar-refractivity contribution < 1.29 is 9.18 Å². The van der Waals surface area contributed by atoms with Crippen LogP contribution in [0.5, 0.6) is 0 Å². The van der Waals surface area contributed by atoms with Crippen molar-refractivity contribution in [1.82, 2.24) is 5.32 Å². The average Bonchev–Trinajstić information content (AvgIpc) is 2.92. The van der Waals surface area contributed by atoms with Crippen molar-refractivity contribution in [3.8, 4) is 22.3 Å². The first-order valence-corrected chi connectivity index (χ1v) is 13.5. The molecule has 3 aromatic carbocycles. The van der Waals surface area contributed by atoms with E-state index in [1.165, 1.54) is 63.0 Å². The summed E-state index contributed by atoms with van der Waals surface area (Å²) >= 11 is 0. The maximum absolute atomic E-state index is 15.1.